The SMILES string of the molecule is CC(=O)c1cc2c(cc1NC(=O)CN1CCN(C(=O)c3ccn(C)c3)CC1)OCO2. The van der Waals surface area contributed by atoms with Gasteiger partial charge >= 0.3 is 0 Å². The van der Waals surface area contributed by atoms with Gasteiger partial charge in [-0.25, -0.2) is 0 Å². The fourth-order valence-corrected chi connectivity index (χ4v) is 3.65. The van der Waals surface area contributed by atoms with Crippen LogP contribution in [0.15, 0.2) is 30.6 Å². The number of amides is 2. The number of benzene rings is 1. The van der Waals surface area contributed by atoms with E-state index >= 15 is 0 Å². The number of carbonyl (C=O) groups excluding carboxylic acids is 3. The van der Waals surface area contributed by atoms with Gasteiger partial charge in [0, 0.05) is 57.3 Å². The monoisotopic (exact) mass is 412 g/mol. The molecule has 1 saturated heterocycles. The van der Waals surface area contributed by atoms with E-state index in [0.29, 0.717) is 54.5 Å². The van der Waals surface area contributed by atoms with Crippen molar-refractivity contribution in [1.29, 1.82) is 0 Å². The zero-order chi connectivity index (χ0) is 21.3. The van der Waals surface area contributed by atoms with Crippen molar-refractivity contribution in [1.82, 2.24) is 14.4 Å². The largest absolute Gasteiger partial charge is 0.454 e. The lowest BCUT2D eigenvalue weighted by atomic mass is 10.1. The highest BCUT2D eigenvalue weighted by molar-refractivity contribution is 6.05. The first kappa shape index (κ1) is 20.0. The number of piperazine rings is 1. The Morgan fingerprint density at radius 1 is 1.07 bits per heavy atom. The second-order valence-electron chi connectivity index (χ2n) is 7.49. The van der Waals surface area contributed by atoms with Gasteiger partial charge in [-0.2, -0.15) is 0 Å². The number of nitrogens with one attached hydrogen (secondary N) is 1. The minimum Gasteiger partial charge on any atom is -0.454 e. The Morgan fingerprint density at radius 2 is 1.77 bits per heavy atom. The molecule has 1 N–H and O–H groups in total. The van der Waals surface area contributed by atoms with Gasteiger partial charge in [-0.15, -0.1) is 0 Å². The lowest BCUT2D eigenvalue weighted by molar-refractivity contribution is -0.117. The molecule has 2 aromatic rings. The summed E-state index contributed by atoms with van der Waals surface area (Å²) in [7, 11) is 1.88. The predicted octanol–water partition coefficient (Wildman–Crippen LogP) is 1.35. The maximum Gasteiger partial charge on any atom is 0.255 e. The maximum absolute atomic E-state index is 12.6. The van der Waals surface area contributed by atoms with Crippen molar-refractivity contribution in [3.05, 3.63) is 41.7 Å². The van der Waals surface area contributed by atoms with E-state index < -0.39 is 0 Å². The first-order valence-electron chi connectivity index (χ1n) is 9.79. The summed E-state index contributed by atoms with van der Waals surface area (Å²) in [5.41, 5.74) is 1.46. The van der Waals surface area contributed by atoms with E-state index in [0.717, 1.165) is 0 Å². The van der Waals surface area contributed by atoms with Crippen LogP contribution >= 0.6 is 0 Å². The summed E-state index contributed by atoms with van der Waals surface area (Å²) in [4.78, 5) is 40.9. The number of anilines is 1. The summed E-state index contributed by atoms with van der Waals surface area (Å²) in [6.45, 7) is 4.04. The van der Waals surface area contributed by atoms with Crippen molar-refractivity contribution in [3.63, 3.8) is 0 Å². The van der Waals surface area contributed by atoms with E-state index in [1.165, 1.54) is 6.92 Å². The second kappa shape index (κ2) is 8.19. The van der Waals surface area contributed by atoms with E-state index in [1.54, 1.807) is 29.3 Å². The Balaban J connectivity index is 1.33. The molecule has 0 atom stereocenters. The molecule has 2 amide bonds. The Labute approximate surface area is 174 Å². The van der Waals surface area contributed by atoms with Crippen LogP contribution in [0.4, 0.5) is 5.69 Å². The van der Waals surface area contributed by atoms with Crippen molar-refractivity contribution in [3.8, 4) is 11.5 Å². The normalized spacial score (nSPS) is 15.9. The number of rotatable bonds is 5. The predicted molar refractivity (Wildman–Crippen MR) is 109 cm³/mol. The topological polar surface area (TPSA) is 93.1 Å². The van der Waals surface area contributed by atoms with Crippen LogP contribution in [0.1, 0.15) is 27.6 Å². The summed E-state index contributed by atoms with van der Waals surface area (Å²) in [5.74, 6) is 0.614. The molecule has 0 bridgehead atoms. The molecule has 1 aromatic carbocycles. The van der Waals surface area contributed by atoms with E-state index in [9.17, 15) is 14.4 Å². The third-order valence-electron chi connectivity index (χ3n) is 5.27. The summed E-state index contributed by atoms with van der Waals surface area (Å²) in [6, 6.07) is 5.02. The Bertz CT molecular complexity index is 991. The third-order valence-corrected chi connectivity index (χ3v) is 5.27. The van der Waals surface area contributed by atoms with Crippen LogP contribution in [0.2, 0.25) is 0 Å². The fourth-order valence-electron chi connectivity index (χ4n) is 3.65. The third kappa shape index (κ3) is 4.16. The number of ether oxygens (including phenoxy) is 2. The highest BCUT2D eigenvalue weighted by Crippen LogP contribution is 2.37. The molecule has 0 aliphatic carbocycles. The number of carbonyl (C=O) groups is 3. The summed E-state index contributed by atoms with van der Waals surface area (Å²) in [5, 5.41) is 2.81. The molecule has 3 heterocycles. The Hall–Kier alpha value is -3.33. The summed E-state index contributed by atoms with van der Waals surface area (Å²) < 4.78 is 12.5. The van der Waals surface area contributed by atoms with Crippen LogP contribution in [0.5, 0.6) is 11.5 Å². The molecular weight excluding hydrogens is 388 g/mol. The van der Waals surface area contributed by atoms with E-state index in [1.807, 2.05) is 22.7 Å². The molecule has 0 radical (unpaired) electrons. The summed E-state index contributed by atoms with van der Waals surface area (Å²) in [6.07, 6.45) is 3.65. The van der Waals surface area contributed by atoms with Gasteiger partial charge in [0.15, 0.2) is 17.3 Å². The molecular formula is C21H24N4O5. The van der Waals surface area contributed by atoms with Gasteiger partial charge in [0.2, 0.25) is 12.7 Å². The fraction of sp³-hybridized carbons (Fsp3) is 0.381. The molecule has 1 fully saturated rings. The molecule has 9 heteroatoms. The number of nitrogens with zero attached hydrogens (tertiary/aromatic N) is 3. The number of fused-ring (bicyclic) bond motifs is 1. The average Bonchev–Trinajstić information content (AvgIpc) is 3.35. The molecule has 158 valence electrons. The smallest absolute Gasteiger partial charge is 0.255 e. The molecule has 4 rings (SSSR count). The van der Waals surface area contributed by atoms with Crippen molar-refractivity contribution >= 4 is 23.3 Å². The Morgan fingerprint density at radius 3 is 2.40 bits per heavy atom. The molecule has 0 unspecified atom stereocenters. The molecule has 9 nitrogen and oxygen atoms in total. The average molecular weight is 412 g/mol. The highest BCUT2D eigenvalue weighted by Gasteiger charge is 2.25. The van der Waals surface area contributed by atoms with Crippen molar-refractivity contribution in [2.75, 3.05) is 44.8 Å². The van der Waals surface area contributed by atoms with Gasteiger partial charge < -0.3 is 24.3 Å². The van der Waals surface area contributed by atoms with Crippen LogP contribution in [-0.2, 0) is 11.8 Å². The van der Waals surface area contributed by atoms with Crippen molar-refractivity contribution in [2.45, 2.75) is 6.92 Å². The van der Waals surface area contributed by atoms with Gasteiger partial charge in [0.05, 0.1) is 17.8 Å². The van der Waals surface area contributed by atoms with Crippen LogP contribution in [-0.4, -0.2) is 71.5 Å². The van der Waals surface area contributed by atoms with E-state index in [2.05, 4.69) is 5.32 Å². The Kier molecular flexibility index (Phi) is 5.45. The molecule has 0 spiro atoms. The first-order chi connectivity index (χ1) is 14.4. The molecule has 30 heavy (non-hydrogen) atoms. The minimum absolute atomic E-state index is 0.00571. The van der Waals surface area contributed by atoms with Crippen LogP contribution in [0, 0.1) is 0 Å². The second-order valence-corrected chi connectivity index (χ2v) is 7.49. The number of Topliss-reactive ketones (excluding diaryl/α,β-unsaturated/α-hetero) is 1. The van der Waals surface area contributed by atoms with Crippen molar-refractivity contribution in [2.24, 2.45) is 7.05 Å². The highest BCUT2D eigenvalue weighted by atomic mass is 16.7. The number of aromatic nitrogens is 1. The van der Waals surface area contributed by atoms with Crippen LogP contribution < -0.4 is 14.8 Å². The van der Waals surface area contributed by atoms with Gasteiger partial charge in [0.25, 0.3) is 5.91 Å². The zero-order valence-electron chi connectivity index (χ0n) is 17.0. The van der Waals surface area contributed by atoms with E-state index in [-0.39, 0.29) is 30.9 Å². The lowest BCUT2D eigenvalue weighted by Crippen LogP contribution is -2.50. The quantitative estimate of drug-likeness (QED) is 0.746. The number of aryl methyl sites for hydroxylation is 1. The van der Waals surface area contributed by atoms with E-state index in [4.69, 9.17) is 9.47 Å². The van der Waals surface area contributed by atoms with Crippen LogP contribution in [0.25, 0.3) is 0 Å². The van der Waals surface area contributed by atoms with Crippen LogP contribution in [0.3, 0.4) is 0 Å². The number of ketones is 1. The molecule has 2 aliphatic rings. The zero-order valence-corrected chi connectivity index (χ0v) is 17.0. The van der Waals surface area contributed by atoms with Gasteiger partial charge in [-0.1, -0.05) is 0 Å². The standard InChI is InChI=1S/C21H24N4O5/c1-14(26)16-9-18-19(30-13-29-18)10-17(16)22-20(27)12-24-5-7-25(8-6-24)21(28)15-3-4-23(2)11-15/h3-4,9-11H,5-8,12-13H2,1-2H3,(H,22,27). The first-order valence-corrected chi connectivity index (χ1v) is 9.79. The molecule has 0 saturated carbocycles. The van der Waals surface area contributed by atoms with Gasteiger partial charge in [-0.3, -0.25) is 19.3 Å². The minimum atomic E-state index is -0.223. The van der Waals surface area contributed by atoms with Crippen molar-refractivity contribution < 1.29 is 23.9 Å². The van der Waals surface area contributed by atoms with Gasteiger partial charge in [0.1, 0.15) is 0 Å². The maximum atomic E-state index is 12.6. The van der Waals surface area contributed by atoms with Gasteiger partial charge in [-0.05, 0) is 19.1 Å². The number of hydrogen-bond acceptors (Lipinski definition) is 6. The molecule has 1 aromatic heterocycles. The number of hydrogen-bond donors (Lipinski definition) is 1. The summed E-state index contributed by atoms with van der Waals surface area (Å²) >= 11 is 0. The molecule has 2 aliphatic heterocycles. The lowest BCUT2D eigenvalue weighted by Gasteiger charge is -2.34.